The smallest absolute Gasteiger partial charge is 0.409 e. The van der Waals surface area contributed by atoms with Crippen LogP contribution in [0.5, 0.6) is 0 Å². The van der Waals surface area contributed by atoms with Gasteiger partial charge in [-0.15, -0.1) is 0 Å². The first-order chi connectivity index (χ1) is 11.0. The van der Waals surface area contributed by atoms with Crippen molar-refractivity contribution in [2.24, 2.45) is 0 Å². The fourth-order valence-electron chi connectivity index (χ4n) is 2.54. The molecule has 1 saturated heterocycles. The Kier molecular flexibility index (Phi) is 6.54. The van der Waals surface area contributed by atoms with Gasteiger partial charge in [-0.05, 0) is 37.5 Å². The van der Waals surface area contributed by atoms with Crippen LogP contribution < -0.4 is 5.32 Å². The molecule has 0 spiro atoms. The number of amides is 2. The second-order valence-corrected chi connectivity index (χ2v) is 6.28. The van der Waals surface area contributed by atoms with Crippen molar-refractivity contribution in [3.63, 3.8) is 0 Å². The van der Waals surface area contributed by atoms with E-state index in [9.17, 15) is 9.59 Å². The molecule has 1 heterocycles. The summed E-state index contributed by atoms with van der Waals surface area (Å²) in [5.74, 6) is -0.0798. The van der Waals surface area contributed by atoms with Crippen LogP contribution in [0, 0.1) is 0 Å². The summed E-state index contributed by atoms with van der Waals surface area (Å²) < 4.78 is 4.97. The van der Waals surface area contributed by atoms with Crippen LogP contribution in [0.2, 0.25) is 10.0 Å². The van der Waals surface area contributed by atoms with Gasteiger partial charge in [0.05, 0.1) is 13.0 Å². The average molecular weight is 359 g/mol. The number of hydrogen-bond donors (Lipinski definition) is 1. The Balaban J connectivity index is 1.79. The van der Waals surface area contributed by atoms with Gasteiger partial charge in [-0.3, -0.25) is 4.79 Å². The lowest BCUT2D eigenvalue weighted by Crippen LogP contribution is -2.47. The van der Waals surface area contributed by atoms with E-state index in [0.29, 0.717) is 29.7 Å². The lowest BCUT2D eigenvalue weighted by molar-refractivity contribution is -0.121. The summed E-state index contributed by atoms with van der Waals surface area (Å²) in [5.41, 5.74) is 0.748. The molecule has 0 aromatic heterocycles. The van der Waals surface area contributed by atoms with Gasteiger partial charge in [0, 0.05) is 29.2 Å². The molecule has 0 unspecified atom stereocenters. The molecule has 0 radical (unpaired) electrons. The van der Waals surface area contributed by atoms with Crippen molar-refractivity contribution in [1.82, 2.24) is 10.2 Å². The zero-order valence-corrected chi connectivity index (χ0v) is 14.5. The van der Waals surface area contributed by atoms with Crippen molar-refractivity contribution < 1.29 is 14.3 Å². The number of halogens is 2. The molecule has 2 amide bonds. The number of piperidine rings is 1. The zero-order chi connectivity index (χ0) is 16.8. The number of carbonyl (C=O) groups excluding carboxylic acids is 2. The van der Waals surface area contributed by atoms with Crippen LogP contribution in [-0.4, -0.2) is 42.6 Å². The van der Waals surface area contributed by atoms with Crippen LogP contribution in [0.15, 0.2) is 18.2 Å². The van der Waals surface area contributed by atoms with Gasteiger partial charge in [-0.25, -0.2) is 4.79 Å². The van der Waals surface area contributed by atoms with Gasteiger partial charge in [-0.1, -0.05) is 29.3 Å². The van der Waals surface area contributed by atoms with Gasteiger partial charge in [0.1, 0.15) is 0 Å². The van der Waals surface area contributed by atoms with Crippen molar-refractivity contribution in [3.8, 4) is 0 Å². The van der Waals surface area contributed by atoms with E-state index in [4.69, 9.17) is 27.9 Å². The first kappa shape index (κ1) is 17.9. The Morgan fingerprint density at radius 1 is 1.30 bits per heavy atom. The highest BCUT2D eigenvalue weighted by Gasteiger charge is 2.24. The highest BCUT2D eigenvalue weighted by atomic mass is 35.5. The summed E-state index contributed by atoms with van der Waals surface area (Å²) in [6.45, 7) is 3.33. The van der Waals surface area contributed by atoms with Gasteiger partial charge in [0.2, 0.25) is 5.91 Å². The maximum atomic E-state index is 12.1. The minimum absolute atomic E-state index is 0.0688. The molecular formula is C16H20Cl2N2O3. The first-order valence-electron chi connectivity index (χ1n) is 7.64. The van der Waals surface area contributed by atoms with E-state index in [1.54, 1.807) is 30.0 Å². The van der Waals surface area contributed by atoms with Crippen molar-refractivity contribution >= 4 is 35.2 Å². The predicted octanol–water partition coefficient (Wildman–Crippen LogP) is 3.27. The fraction of sp³-hybridized carbons (Fsp3) is 0.500. The van der Waals surface area contributed by atoms with E-state index >= 15 is 0 Å². The van der Waals surface area contributed by atoms with E-state index in [2.05, 4.69) is 5.32 Å². The van der Waals surface area contributed by atoms with E-state index in [-0.39, 0.29) is 24.5 Å². The van der Waals surface area contributed by atoms with Crippen molar-refractivity contribution in [1.29, 1.82) is 0 Å². The van der Waals surface area contributed by atoms with E-state index in [0.717, 1.165) is 18.4 Å². The summed E-state index contributed by atoms with van der Waals surface area (Å²) in [7, 11) is 0. The average Bonchev–Trinajstić information content (AvgIpc) is 2.51. The summed E-state index contributed by atoms with van der Waals surface area (Å²) >= 11 is 11.9. The molecule has 126 valence electrons. The Morgan fingerprint density at radius 2 is 2.00 bits per heavy atom. The monoisotopic (exact) mass is 358 g/mol. The Morgan fingerprint density at radius 3 is 2.61 bits per heavy atom. The highest BCUT2D eigenvalue weighted by molar-refractivity contribution is 6.35. The number of nitrogens with zero attached hydrogens (tertiary/aromatic N) is 1. The Labute approximate surface area is 145 Å². The molecule has 23 heavy (non-hydrogen) atoms. The minimum Gasteiger partial charge on any atom is -0.450 e. The quantitative estimate of drug-likeness (QED) is 0.898. The number of benzene rings is 1. The molecule has 1 aromatic carbocycles. The van der Waals surface area contributed by atoms with Gasteiger partial charge in [-0.2, -0.15) is 0 Å². The van der Waals surface area contributed by atoms with Crippen LogP contribution in [0.25, 0.3) is 0 Å². The van der Waals surface area contributed by atoms with Crippen LogP contribution in [0.1, 0.15) is 25.3 Å². The lowest BCUT2D eigenvalue weighted by Gasteiger charge is -2.31. The highest BCUT2D eigenvalue weighted by Crippen LogP contribution is 2.21. The molecule has 0 saturated carbocycles. The van der Waals surface area contributed by atoms with Gasteiger partial charge < -0.3 is 15.0 Å². The molecular weight excluding hydrogens is 339 g/mol. The standard InChI is InChI=1S/C16H20Cl2N2O3/c1-2-23-16(22)20-7-5-13(6-8-20)19-15(21)9-11-3-4-12(17)10-14(11)18/h3-4,10,13H,2,5-9H2,1H3,(H,19,21). The molecule has 1 N–H and O–H groups in total. The lowest BCUT2D eigenvalue weighted by atomic mass is 10.0. The number of rotatable bonds is 4. The third kappa shape index (κ3) is 5.29. The number of nitrogens with one attached hydrogen (secondary N) is 1. The molecule has 1 aromatic rings. The Bertz CT molecular complexity index is 572. The molecule has 1 aliphatic rings. The summed E-state index contributed by atoms with van der Waals surface area (Å²) in [4.78, 5) is 25.4. The predicted molar refractivity (Wildman–Crippen MR) is 89.9 cm³/mol. The SMILES string of the molecule is CCOC(=O)N1CCC(NC(=O)Cc2ccc(Cl)cc2Cl)CC1. The number of ether oxygens (including phenoxy) is 1. The van der Waals surface area contributed by atoms with Crippen molar-refractivity contribution in [2.75, 3.05) is 19.7 Å². The maximum Gasteiger partial charge on any atom is 0.409 e. The molecule has 2 rings (SSSR count). The van der Waals surface area contributed by atoms with Gasteiger partial charge >= 0.3 is 6.09 Å². The van der Waals surface area contributed by atoms with E-state index in [1.807, 2.05) is 0 Å². The van der Waals surface area contributed by atoms with Crippen molar-refractivity contribution in [3.05, 3.63) is 33.8 Å². The molecule has 5 nitrogen and oxygen atoms in total. The van der Waals surface area contributed by atoms with Crippen molar-refractivity contribution in [2.45, 2.75) is 32.2 Å². The second-order valence-electron chi connectivity index (χ2n) is 5.44. The maximum absolute atomic E-state index is 12.1. The summed E-state index contributed by atoms with van der Waals surface area (Å²) in [6.07, 6.45) is 1.37. The van der Waals surface area contributed by atoms with Gasteiger partial charge in [0.15, 0.2) is 0 Å². The van der Waals surface area contributed by atoms with Gasteiger partial charge in [0.25, 0.3) is 0 Å². The molecule has 7 heteroatoms. The fourth-order valence-corrected chi connectivity index (χ4v) is 3.01. The molecule has 0 bridgehead atoms. The van der Waals surface area contributed by atoms with Crippen LogP contribution in [0.4, 0.5) is 4.79 Å². The third-order valence-electron chi connectivity index (χ3n) is 3.75. The largest absolute Gasteiger partial charge is 0.450 e. The molecule has 1 fully saturated rings. The second kappa shape index (κ2) is 8.41. The number of likely N-dealkylation sites (tertiary alicyclic amines) is 1. The van der Waals surface area contributed by atoms with Crippen LogP contribution >= 0.6 is 23.2 Å². The van der Waals surface area contributed by atoms with E-state index < -0.39 is 0 Å². The number of hydrogen-bond acceptors (Lipinski definition) is 3. The normalized spacial score (nSPS) is 15.3. The topological polar surface area (TPSA) is 58.6 Å². The molecule has 0 aliphatic carbocycles. The van der Waals surface area contributed by atoms with E-state index in [1.165, 1.54) is 0 Å². The summed E-state index contributed by atoms with van der Waals surface area (Å²) in [5, 5.41) is 4.03. The molecule has 1 aliphatic heterocycles. The number of carbonyl (C=O) groups is 2. The Hall–Kier alpha value is -1.46. The molecule has 0 atom stereocenters. The van der Waals surface area contributed by atoms with Crippen LogP contribution in [-0.2, 0) is 16.0 Å². The minimum atomic E-state index is -0.287. The zero-order valence-electron chi connectivity index (χ0n) is 13.0. The van der Waals surface area contributed by atoms with Crippen LogP contribution in [0.3, 0.4) is 0 Å². The third-order valence-corrected chi connectivity index (χ3v) is 4.34. The summed E-state index contributed by atoms with van der Waals surface area (Å²) in [6, 6.07) is 5.17. The first-order valence-corrected chi connectivity index (χ1v) is 8.40.